The van der Waals surface area contributed by atoms with Crippen LogP contribution in [-0.4, -0.2) is 242 Å². The van der Waals surface area contributed by atoms with E-state index in [0.717, 1.165) is 25.5 Å². The zero-order valence-electron chi connectivity index (χ0n) is 75.1. The molecule has 0 aromatic heterocycles. The number of phosphoric ester groups is 2. The van der Waals surface area contributed by atoms with E-state index >= 15 is 0 Å². The Balaban J connectivity index is 1.30. The summed E-state index contributed by atoms with van der Waals surface area (Å²) in [7, 11) is -6.74. The zero-order chi connectivity index (χ0) is 97.9. The molecule has 0 spiro atoms. The number of ether oxygens (including phenoxy) is 2. The Morgan fingerprint density at radius 3 is 1.40 bits per heavy atom. The Labute approximate surface area is 775 Å². The van der Waals surface area contributed by atoms with E-state index < -0.39 is 173 Å². The maximum atomic E-state index is 14.2. The summed E-state index contributed by atoms with van der Waals surface area (Å²) in [6.07, 6.45) is 7.55. The first-order valence-corrected chi connectivity index (χ1v) is 48.7. The lowest BCUT2D eigenvalue weighted by Gasteiger charge is -2.27. The smallest absolute Gasteiger partial charge is 0.481 e. The number of phosphoric acid groups is 2. The molecule has 0 heterocycles. The summed E-state index contributed by atoms with van der Waals surface area (Å²) in [5.41, 5.74) is 7.19. The van der Waals surface area contributed by atoms with Crippen molar-refractivity contribution in [2.45, 2.75) is 219 Å². The SMILES string of the molecule is CCCCCCCCCCCCSSC[C@H](NC(C)=O)C(=O)NCCOCCOCC(=O)N[C@@H](Cc1ccc(OP(=O)(O)O)cc1)C(=O)N[C@H](C(=O)NCC(=O)N[C@@H](CC(C)C)C(=O)NCC#Cc1ccc(C(=O)NCC#Cc2ccc(C(=O)N[C@@H](Cc3ccc(OP(=O)(O)O)cc3)C(=O)N[C@@H](CCC(=O)O)C(=O)N[C@H](C(=O)N[C@@H](CC(C)C)C(N)=O)[C@@H](C)O)cc2)cc1)[C@@H](C)O. The van der Waals surface area contributed by atoms with Gasteiger partial charge in [0.25, 0.3) is 11.8 Å². The largest absolute Gasteiger partial charge is 0.524 e. The summed E-state index contributed by atoms with van der Waals surface area (Å²) < 4.78 is 43.3. The lowest BCUT2D eigenvalue weighted by atomic mass is 10.0. The number of carbonyl (C=O) groups is 14. The van der Waals surface area contributed by atoms with Gasteiger partial charge in [-0.2, -0.15) is 0 Å². The first kappa shape index (κ1) is 113. The van der Waals surface area contributed by atoms with Crippen molar-refractivity contribution in [1.29, 1.82) is 0 Å². The molecule has 726 valence electrons. The molecule has 40 nitrogen and oxygen atoms in total. The molecule has 0 aliphatic heterocycles. The van der Waals surface area contributed by atoms with Gasteiger partial charge in [-0.3, -0.25) is 86.7 Å². The van der Waals surface area contributed by atoms with Gasteiger partial charge < -0.3 is 103 Å². The summed E-state index contributed by atoms with van der Waals surface area (Å²) in [6, 6.07) is 10.7. The fourth-order valence-electron chi connectivity index (χ4n) is 12.5. The molecule has 44 heteroatoms. The number of primary amides is 1. The van der Waals surface area contributed by atoms with Crippen LogP contribution in [0.15, 0.2) is 97.1 Å². The molecule has 13 amide bonds. The molecule has 0 bridgehead atoms. The summed E-state index contributed by atoms with van der Waals surface area (Å²) >= 11 is 0. The molecule has 0 radical (unpaired) electrons. The van der Waals surface area contributed by atoms with Crippen LogP contribution in [0.3, 0.4) is 0 Å². The van der Waals surface area contributed by atoms with Crippen molar-refractivity contribution in [3.05, 3.63) is 130 Å². The molecule has 4 aromatic rings. The number of benzene rings is 4. The van der Waals surface area contributed by atoms with Crippen LogP contribution in [0.25, 0.3) is 0 Å². The van der Waals surface area contributed by atoms with Crippen LogP contribution in [0.5, 0.6) is 11.5 Å². The average Bonchev–Trinajstić information content (AvgIpc) is 0.843. The fraction of sp³-hybridized carbons (Fsp3) is 0.523. The van der Waals surface area contributed by atoms with Gasteiger partial charge in [0.15, 0.2) is 0 Å². The monoisotopic (exact) mass is 1920 g/mol. The maximum Gasteiger partial charge on any atom is 0.524 e. The predicted octanol–water partition coefficient (Wildman–Crippen LogP) is 2.65. The average molecular weight is 1920 g/mol. The summed E-state index contributed by atoms with van der Waals surface area (Å²) in [6.45, 7) is 11.4. The van der Waals surface area contributed by atoms with Crippen molar-refractivity contribution in [2.75, 3.05) is 64.1 Å². The van der Waals surface area contributed by atoms with E-state index in [4.69, 9.17) is 15.2 Å². The van der Waals surface area contributed by atoms with Crippen LogP contribution in [-0.2, 0) is 89.0 Å². The highest BCUT2D eigenvalue weighted by Gasteiger charge is 2.36. The lowest BCUT2D eigenvalue weighted by Crippen LogP contribution is -2.60. The van der Waals surface area contributed by atoms with Crippen LogP contribution in [0.1, 0.15) is 188 Å². The van der Waals surface area contributed by atoms with Gasteiger partial charge in [-0.1, -0.05) is 162 Å². The molecule has 0 saturated heterocycles. The minimum Gasteiger partial charge on any atom is -0.481 e. The highest BCUT2D eigenvalue weighted by atomic mass is 33.1. The molecule has 0 fully saturated rings. The third-order valence-electron chi connectivity index (χ3n) is 19.2. The van der Waals surface area contributed by atoms with Gasteiger partial charge in [-0.05, 0) is 135 Å². The number of carboxylic acids is 1. The van der Waals surface area contributed by atoms with Crippen molar-refractivity contribution >= 4 is 120 Å². The van der Waals surface area contributed by atoms with Crippen molar-refractivity contribution in [1.82, 2.24) is 63.8 Å². The molecule has 4 rings (SSSR count). The Morgan fingerprint density at radius 1 is 0.447 bits per heavy atom. The number of hydrogen-bond donors (Lipinski definition) is 20. The first-order chi connectivity index (χ1) is 62.5. The van der Waals surface area contributed by atoms with Gasteiger partial charge in [0.05, 0.1) is 51.7 Å². The van der Waals surface area contributed by atoms with Gasteiger partial charge in [-0.25, -0.2) is 9.13 Å². The van der Waals surface area contributed by atoms with E-state index in [1.807, 2.05) is 0 Å². The third-order valence-corrected chi connectivity index (χ3v) is 22.6. The van der Waals surface area contributed by atoms with Crippen LogP contribution in [0.4, 0.5) is 0 Å². The van der Waals surface area contributed by atoms with Crippen LogP contribution in [0.2, 0.25) is 0 Å². The van der Waals surface area contributed by atoms with E-state index in [2.05, 4.69) is 103 Å². The van der Waals surface area contributed by atoms with Crippen LogP contribution < -0.4 is 78.6 Å². The number of unbranched alkanes of at least 4 members (excludes halogenated alkanes) is 9. The molecule has 132 heavy (non-hydrogen) atoms. The fourth-order valence-corrected chi connectivity index (χ4v) is 15.6. The molecule has 4 aromatic carbocycles. The van der Waals surface area contributed by atoms with E-state index in [-0.39, 0.29) is 111 Å². The lowest BCUT2D eigenvalue weighted by molar-refractivity contribution is -0.139. The topological polar surface area (TPSA) is 622 Å². The van der Waals surface area contributed by atoms with Crippen molar-refractivity contribution < 1.29 is 130 Å². The number of nitrogens with one attached hydrogen (secondary N) is 12. The van der Waals surface area contributed by atoms with Crippen molar-refractivity contribution in [3.63, 3.8) is 0 Å². The Morgan fingerprint density at radius 2 is 0.902 bits per heavy atom. The molecule has 10 atom stereocenters. The van der Waals surface area contributed by atoms with Crippen LogP contribution in [0, 0.1) is 35.5 Å². The number of aliphatic hydroxyl groups is 2. The first-order valence-electron chi connectivity index (χ1n) is 43.1. The van der Waals surface area contributed by atoms with Gasteiger partial charge in [0, 0.05) is 66.5 Å². The van der Waals surface area contributed by atoms with Gasteiger partial charge >= 0.3 is 21.6 Å². The molecular weight excluding hydrogens is 1800 g/mol. The second-order valence-corrected chi connectivity index (χ2v) is 36.6. The Hall–Kier alpha value is -11.0. The second kappa shape index (κ2) is 60.9. The molecule has 0 unspecified atom stereocenters. The number of nitrogens with two attached hydrogens (primary N) is 1. The summed E-state index contributed by atoms with van der Waals surface area (Å²) in [5, 5.41) is 61.2. The quantitative estimate of drug-likeness (QED) is 0.0131. The van der Waals surface area contributed by atoms with E-state index in [1.165, 1.54) is 161 Å². The number of aliphatic hydroxyl groups excluding tert-OH is 2. The van der Waals surface area contributed by atoms with E-state index in [9.17, 15) is 111 Å². The van der Waals surface area contributed by atoms with Gasteiger partial charge in [-0.15, -0.1) is 0 Å². The summed E-state index contributed by atoms with van der Waals surface area (Å²) in [5.74, 6) is 0.134. The highest BCUT2D eigenvalue weighted by Crippen LogP contribution is 2.38. The van der Waals surface area contributed by atoms with E-state index in [1.54, 1.807) is 50.6 Å². The molecular formula is C88H125N13O27P2S2. The Bertz CT molecular complexity index is 4660. The second-order valence-electron chi connectivity index (χ2n) is 31.7. The van der Waals surface area contributed by atoms with Gasteiger partial charge in [0.1, 0.15) is 66.4 Å². The standard InChI is InChI=1S/C88H125N13O27P2S2/c1-9-10-11-12-13-14-15-16-17-18-47-131-132-54-73(94-59(8)104)83(113)92-43-44-125-45-46-126-53-75(106)96-71(50-62-27-35-66(36-28-62)127-129(119,120)121)86(116)100-77(57(6)102)87(117)93-52-74(105)95-70(49-56(4)5)82(112)91-42-20-22-60-23-31-64(32-24-60)80(110)90-41-19-21-61-25-33-65(34-26-61)81(111)99-72(51-63-29-37-67(38-30-63)128-130(122,123)124)85(115)97-68(39-40-76(107)108)84(114)101-78(58(7)103)88(118)98-69(79(89)109)48-55(2)3/h23-38,55-58,68-73,77-78,102-103H,9-18,39-54H2,1-8H3,(H2,89,109)(H,90,110)(H,91,112)(H,92,113)(H,93,117)(H,94,104)(H,95,105)(H,96,106)(H,97,115)(H,98,118)(H,99,111)(H,100,116)(H,101,114)(H,107,108)(H2,119,120,121)(H2,122,123,124)/t57-,58-,68+,69+,70+,71+,72+,73+,77+,78+/m1/s1. The normalized spacial score (nSPS) is 13.5. The number of carbonyl (C=O) groups excluding carboxylic acids is 13. The third kappa shape index (κ3) is 48.4. The van der Waals surface area contributed by atoms with Crippen LogP contribution >= 0.6 is 37.2 Å². The molecule has 0 aliphatic rings. The number of rotatable bonds is 61. The van der Waals surface area contributed by atoms with Gasteiger partial charge in [0.2, 0.25) is 65.0 Å². The maximum absolute atomic E-state index is 14.2. The minimum atomic E-state index is -4.98. The molecule has 21 N–H and O–H groups in total. The minimum absolute atomic E-state index is 0.000116. The zero-order valence-corrected chi connectivity index (χ0v) is 78.6. The number of amides is 13. The number of aliphatic carboxylic acids is 1. The highest BCUT2D eigenvalue weighted by molar-refractivity contribution is 8.76. The molecule has 0 saturated carbocycles. The van der Waals surface area contributed by atoms with Crippen molar-refractivity contribution in [2.24, 2.45) is 17.6 Å². The predicted molar refractivity (Wildman–Crippen MR) is 491 cm³/mol. The number of hydrogen-bond acceptors (Lipinski definition) is 24. The van der Waals surface area contributed by atoms with E-state index in [0.29, 0.717) is 28.0 Å². The van der Waals surface area contributed by atoms with Crippen molar-refractivity contribution in [3.8, 4) is 35.2 Å². The Kier molecular flexibility index (Phi) is 52.3. The number of carboxylic acid groups (broad SMARTS) is 1. The summed E-state index contributed by atoms with van der Waals surface area (Å²) in [4.78, 5) is 222. The molecule has 0 aliphatic carbocycles.